The van der Waals surface area contributed by atoms with Crippen LogP contribution in [0.15, 0.2) is 0 Å². The number of halogens is 3. The second kappa shape index (κ2) is 4.97. The van der Waals surface area contributed by atoms with Gasteiger partial charge in [-0.3, -0.25) is 14.4 Å². The third kappa shape index (κ3) is 2.72. The molecule has 0 spiro atoms. The first-order chi connectivity index (χ1) is 9.20. The van der Waals surface area contributed by atoms with E-state index in [0.717, 1.165) is 11.3 Å². The number of carbonyl (C=O) groups is 3. The number of aryl methyl sites for hydroxylation is 1. The first-order valence-electron chi connectivity index (χ1n) is 5.62. The van der Waals surface area contributed by atoms with Gasteiger partial charge in [0.05, 0.1) is 16.5 Å². The number of rotatable bonds is 2. The van der Waals surface area contributed by atoms with Crippen LogP contribution in [0.1, 0.15) is 28.7 Å². The van der Waals surface area contributed by atoms with Gasteiger partial charge in [0.1, 0.15) is 0 Å². The lowest BCUT2D eigenvalue weighted by Gasteiger charge is -2.19. The average molecular weight is 306 g/mol. The molecule has 1 aliphatic carbocycles. The van der Waals surface area contributed by atoms with E-state index in [1.54, 1.807) is 0 Å². The summed E-state index contributed by atoms with van der Waals surface area (Å²) in [7, 11) is 0. The second-order valence-corrected chi connectivity index (χ2v) is 5.29. The standard InChI is InChI=1S/C11H9F3N2O3S/c1-4(17)15-10-16-6-3-2-5(7(18)8(6)20-10)9(19)11(12,13)14/h5H,2-3H2,1H3,(H,15,16,17). The summed E-state index contributed by atoms with van der Waals surface area (Å²) < 4.78 is 37.2. The second-order valence-electron chi connectivity index (χ2n) is 4.29. The van der Waals surface area contributed by atoms with Crippen molar-refractivity contribution >= 4 is 33.9 Å². The van der Waals surface area contributed by atoms with E-state index in [4.69, 9.17) is 0 Å². The van der Waals surface area contributed by atoms with Gasteiger partial charge in [-0.25, -0.2) is 4.98 Å². The van der Waals surface area contributed by atoms with Crippen LogP contribution < -0.4 is 5.32 Å². The van der Waals surface area contributed by atoms with Gasteiger partial charge < -0.3 is 5.32 Å². The Morgan fingerprint density at radius 1 is 1.40 bits per heavy atom. The lowest BCUT2D eigenvalue weighted by Crippen LogP contribution is -2.37. The lowest BCUT2D eigenvalue weighted by molar-refractivity contribution is -0.174. The molecule has 1 atom stereocenters. The molecule has 0 saturated carbocycles. The summed E-state index contributed by atoms with van der Waals surface area (Å²) in [6.07, 6.45) is -5.14. The number of nitrogens with one attached hydrogen (secondary N) is 1. The summed E-state index contributed by atoms with van der Waals surface area (Å²) in [6, 6.07) is 0. The van der Waals surface area contributed by atoms with Crippen molar-refractivity contribution in [1.29, 1.82) is 0 Å². The summed E-state index contributed by atoms with van der Waals surface area (Å²) in [6.45, 7) is 1.25. The number of ketones is 2. The van der Waals surface area contributed by atoms with Gasteiger partial charge in [-0.2, -0.15) is 13.2 Å². The summed E-state index contributed by atoms with van der Waals surface area (Å²) in [5.41, 5.74) is 0.329. The Balaban J connectivity index is 2.27. The summed E-state index contributed by atoms with van der Waals surface area (Å²) in [5, 5.41) is 2.51. The molecule has 1 aromatic heterocycles. The highest BCUT2D eigenvalue weighted by Crippen LogP contribution is 2.35. The quantitative estimate of drug-likeness (QED) is 0.848. The van der Waals surface area contributed by atoms with Crippen molar-refractivity contribution in [3.05, 3.63) is 10.6 Å². The van der Waals surface area contributed by atoms with Crippen LogP contribution in [0.4, 0.5) is 18.3 Å². The number of nitrogens with zero attached hydrogens (tertiary/aromatic N) is 1. The Morgan fingerprint density at radius 2 is 2.05 bits per heavy atom. The predicted octanol–water partition coefficient (Wildman–Crippen LogP) is 1.98. The molecule has 1 heterocycles. The number of amides is 1. The van der Waals surface area contributed by atoms with Crippen molar-refractivity contribution in [3.8, 4) is 0 Å². The van der Waals surface area contributed by atoms with Gasteiger partial charge in [0, 0.05) is 6.92 Å². The minimum Gasteiger partial charge on any atom is -0.302 e. The van der Waals surface area contributed by atoms with E-state index >= 15 is 0 Å². The molecule has 0 aromatic carbocycles. The molecule has 0 fully saturated rings. The Bertz CT molecular complexity index is 594. The fourth-order valence-corrected chi connectivity index (χ4v) is 2.99. The first kappa shape index (κ1) is 14.6. The number of thiazole rings is 1. The molecule has 1 amide bonds. The van der Waals surface area contributed by atoms with Gasteiger partial charge in [0.2, 0.25) is 11.7 Å². The molecule has 1 aliphatic rings. The molecule has 0 aliphatic heterocycles. The van der Waals surface area contributed by atoms with Crippen LogP contribution in [0.25, 0.3) is 0 Å². The molecule has 1 aromatic rings. The van der Waals surface area contributed by atoms with Crippen molar-refractivity contribution in [2.75, 3.05) is 5.32 Å². The molecule has 0 saturated heterocycles. The van der Waals surface area contributed by atoms with Gasteiger partial charge >= 0.3 is 6.18 Å². The van der Waals surface area contributed by atoms with Crippen molar-refractivity contribution in [3.63, 3.8) is 0 Å². The van der Waals surface area contributed by atoms with Crippen LogP contribution in [0, 0.1) is 5.92 Å². The molecule has 9 heteroatoms. The number of alkyl halides is 3. The van der Waals surface area contributed by atoms with Gasteiger partial charge in [0.25, 0.3) is 0 Å². The van der Waals surface area contributed by atoms with Gasteiger partial charge in [0.15, 0.2) is 10.9 Å². The maximum absolute atomic E-state index is 12.4. The number of hydrogen-bond acceptors (Lipinski definition) is 5. The molecule has 20 heavy (non-hydrogen) atoms. The van der Waals surface area contributed by atoms with Crippen LogP contribution in [0.5, 0.6) is 0 Å². The molecule has 2 rings (SSSR count). The Hall–Kier alpha value is -1.77. The van der Waals surface area contributed by atoms with E-state index in [1.165, 1.54) is 6.92 Å². The average Bonchev–Trinajstić information content (AvgIpc) is 2.70. The first-order valence-corrected chi connectivity index (χ1v) is 6.44. The highest BCUT2D eigenvalue weighted by molar-refractivity contribution is 7.17. The number of carbonyl (C=O) groups excluding carboxylic acids is 3. The van der Waals surface area contributed by atoms with Gasteiger partial charge in [-0.05, 0) is 12.8 Å². The number of fused-ring (bicyclic) bond motifs is 1. The fraction of sp³-hybridized carbons (Fsp3) is 0.455. The fourth-order valence-electron chi connectivity index (χ4n) is 1.94. The molecule has 108 valence electrons. The van der Waals surface area contributed by atoms with Crippen LogP contribution in [0.2, 0.25) is 0 Å². The highest BCUT2D eigenvalue weighted by atomic mass is 32.1. The van der Waals surface area contributed by atoms with Crippen LogP contribution in [-0.2, 0) is 16.0 Å². The van der Waals surface area contributed by atoms with E-state index in [0.29, 0.717) is 5.69 Å². The van der Waals surface area contributed by atoms with E-state index in [1.807, 2.05) is 0 Å². The van der Waals surface area contributed by atoms with Gasteiger partial charge in [-0.15, -0.1) is 0 Å². The van der Waals surface area contributed by atoms with E-state index < -0.39 is 29.6 Å². The zero-order valence-electron chi connectivity index (χ0n) is 10.2. The summed E-state index contributed by atoms with van der Waals surface area (Å²) in [4.78, 5) is 38.0. The zero-order valence-corrected chi connectivity index (χ0v) is 11.0. The monoisotopic (exact) mass is 306 g/mol. The van der Waals surface area contributed by atoms with E-state index in [9.17, 15) is 27.6 Å². The van der Waals surface area contributed by atoms with Gasteiger partial charge in [-0.1, -0.05) is 11.3 Å². The molecular weight excluding hydrogens is 297 g/mol. The Labute approximate surface area is 115 Å². The van der Waals surface area contributed by atoms with Crippen molar-refractivity contribution < 1.29 is 27.6 Å². The smallest absolute Gasteiger partial charge is 0.302 e. The Kier molecular flexibility index (Phi) is 3.63. The number of Topliss-reactive ketones (excluding diaryl/α,β-unsaturated/α-hetero) is 2. The van der Waals surface area contributed by atoms with Crippen molar-refractivity contribution in [2.24, 2.45) is 5.92 Å². The third-order valence-electron chi connectivity index (χ3n) is 2.79. The predicted molar refractivity (Wildman–Crippen MR) is 63.6 cm³/mol. The molecule has 5 nitrogen and oxygen atoms in total. The third-order valence-corrected chi connectivity index (χ3v) is 3.81. The maximum atomic E-state index is 12.4. The van der Waals surface area contributed by atoms with E-state index in [2.05, 4.69) is 10.3 Å². The topological polar surface area (TPSA) is 76.1 Å². The summed E-state index contributed by atoms with van der Waals surface area (Å²) in [5.74, 6) is -5.00. The molecular formula is C11H9F3N2O3S. The Morgan fingerprint density at radius 3 is 2.60 bits per heavy atom. The van der Waals surface area contributed by atoms with Crippen LogP contribution in [-0.4, -0.2) is 28.6 Å². The number of aromatic nitrogens is 1. The van der Waals surface area contributed by atoms with Crippen molar-refractivity contribution in [1.82, 2.24) is 4.98 Å². The van der Waals surface area contributed by atoms with Crippen molar-refractivity contribution in [2.45, 2.75) is 25.9 Å². The maximum Gasteiger partial charge on any atom is 0.450 e. The molecule has 0 bridgehead atoms. The van der Waals surface area contributed by atoms with E-state index in [-0.39, 0.29) is 22.9 Å². The molecule has 0 radical (unpaired) electrons. The number of anilines is 1. The number of hydrogen-bond donors (Lipinski definition) is 1. The minimum atomic E-state index is -5.02. The molecule has 1 unspecified atom stereocenters. The zero-order chi connectivity index (χ0) is 15.1. The largest absolute Gasteiger partial charge is 0.450 e. The lowest BCUT2D eigenvalue weighted by atomic mass is 9.86. The normalized spacial score (nSPS) is 18.6. The minimum absolute atomic E-state index is 0.0163. The van der Waals surface area contributed by atoms with Crippen LogP contribution >= 0.6 is 11.3 Å². The van der Waals surface area contributed by atoms with Crippen LogP contribution in [0.3, 0.4) is 0 Å². The highest BCUT2D eigenvalue weighted by Gasteiger charge is 2.48. The summed E-state index contributed by atoms with van der Waals surface area (Å²) >= 11 is 0.791. The SMILES string of the molecule is CC(=O)Nc1nc2c(s1)C(=O)C(C(=O)C(F)(F)F)CC2. The molecule has 1 N–H and O–H groups in total.